The summed E-state index contributed by atoms with van der Waals surface area (Å²) in [5.41, 5.74) is 0.733. The van der Waals surface area contributed by atoms with Crippen LogP contribution in [0.25, 0.3) is 0 Å². The first-order chi connectivity index (χ1) is 10.1. The molecule has 2 heterocycles. The lowest BCUT2D eigenvalue weighted by Gasteiger charge is -2.38. The Bertz CT molecular complexity index is 619. The predicted octanol–water partition coefficient (Wildman–Crippen LogP) is 2.60. The maximum Gasteiger partial charge on any atom is 0.123 e. The normalized spacial score (nSPS) is 23.4. The summed E-state index contributed by atoms with van der Waals surface area (Å²) in [4.78, 5) is 2.19. The summed E-state index contributed by atoms with van der Waals surface area (Å²) in [5, 5.41) is 22.2. The van der Waals surface area contributed by atoms with Crippen LogP contribution in [-0.2, 0) is 12.1 Å². The molecule has 0 spiro atoms. The molecule has 3 rings (SSSR count). The molecular formula is C14H16Cl2N4O. The van der Waals surface area contributed by atoms with Crippen molar-refractivity contribution in [1.82, 2.24) is 20.3 Å². The number of aromatic nitrogens is 3. The van der Waals surface area contributed by atoms with E-state index in [1.54, 1.807) is 12.3 Å². The van der Waals surface area contributed by atoms with Crippen molar-refractivity contribution in [3.05, 3.63) is 45.7 Å². The first kappa shape index (κ1) is 14.8. The van der Waals surface area contributed by atoms with Gasteiger partial charge in [-0.3, -0.25) is 4.90 Å². The van der Waals surface area contributed by atoms with Crippen LogP contribution >= 0.6 is 23.2 Å². The van der Waals surface area contributed by atoms with Gasteiger partial charge in [0.05, 0.1) is 16.2 Å². The lowest BCUT2D eigenvalue weighted by molar-refractivity contribution is -0.0414. The van der Waals surface area contributed by atoms with E-state index < -0.39 is 5.60 Å². The molecule has 1 aliphatic heterocycles. The summed E-state index contributed by atoms with van der Waals surface area (Å²) >= 11 is 12.0. The van der Waals surface area contributed by atoms with E-state index in [1.165, 1.54) is 0 Å². The van der Waals surface area contributed by atoms with E-state index >= 15 is 0 Å². The largest absolute Gasteiger partial charge is 0.382 e. The summed E-state index contributed by atoms with van der Waals surface area (Å²) in [7, 11) is 0. The fourth-order valence-electron chi connectivity index (χ4n) is 2.79. The highest BCUT2D eigenvalue weighted by Gasteiger charge is 2.37. The monoisotopic (exact) mass is 326 g/mol. The van der Waals surface area contributed by atoms with Crippen LogP contribution in [0, 0.1) is 0 Å². The fourth-order valence-corrected chi connectivity index (χ4v) is 3.11. The molecule has 1 fully saturated rings. The number of β-amino-alcohol motifs (C(OH)–C–C–N with tert-alkyl or cyclic N) is 1. The molecule has 1 saturated heterocycles. The van der Waals surface area contributed by atoms with Crippen LogP contribution in [0.15, 0.2) is 24.4 Å². The summed E-state index contributed by atoms with van der Waals surface area (Å²) in [6, 6.07) is 5.62. The Morgan fingerprint density at radius 3 is 2.90 bits per heavy atom. The van der Waals surface area contributed by atoms with Gasteiger partial charge in [-0.25, -0.2) is 0 Å². The fraction of sp³-hybridized carbons (Fsp3) is 0.429. The molecule has 21 heavy (non-hydrogen) atoms. The molecule has 0 saturated carbocycles. The molecular weight excluding hydrogens is 311 g/mol. The number of benzene rings is 1. The summed E-state index contributed by atoms with van der Waals surface area (Å²) in [6.07, 6.45) is 3.19. The van der Waals surface area contributed by atoms with Gasteiger partial charge in [0, 0.05) is 13.1 Å². The third-order valence-electron chi connectivity index (χ3n) is 3.83. The van der Waals surface area contributed by atoms with Crippen molar-refractivity contribution in [2.24, 2.45) is 0 Å². The van der Waals surface area contributed by atoms with E-state index in [4.69, 9.17) is 23.2 Å². The minimum absolute atomic E-state index is 0.528. The van der Waals surface area contributed by atoms with Crippen LogP contribution in [0.2, 0.25) is 10.0 Å². The van der Waals surface area contributed by atoms with E-state index in [9.17, 15) is 5.11 Å². The van der Waals surface area contributed by atoms with Gasteiger partial charge in [-0.15, -0.1) is 0 Å². The average Bonchev–Trinajstić information content (AvgIpc) is 2.98. The van der Waals surface area contributed by atoms with E-state index in [1.807, 2.05) is 12.1 Å². The number of nitrogens with one attached hydrogen (secondary N) is 1. The first-order valence-electron chi connectivity index (χ1n) is 6.82. The zero-order valence-corrected chi connectivity index (χ0v) is 12.9. The number of rotatable bonds is 3. The second-order valence-corrected chi connectivity index (χ2v) is 6.26. The predicted molar refractivity (Wildman–Crippen MR) is 81.3 cm³/mol. The number of hydrogen-bond donors (Lipinski definition) is 2. The quantitative estimate of drug-likeness (QED) is 0.909. The summed E-state index contributed by atoms with van der Waals surface area (Å²) in [6.45, 7) is 2.18. The van der Waals surface area contributed by atoms with Crippen molar-refractivity contribution >= 4 is 23.2 Å². The van der Waals surface area contributed by atoms with Crippen molar-refractivity contribution < 1.29 is 5.11 Å². The Balaban J connectivity index is 1.73. The number of aromatic amines is 1. The Hall–Kier alpha value is -1.14. The molecule has 0 radical (unpaired) electrons. The van der Waals surface area contributed by atoms with Gasteiger partial charge in [-0.2, -0.15) is 15.4 Å². The van der Waals surface area contributed by atoms with Crippen LogP contribution in [0.1, 0.15) is 24.1 Å². The highest BCUT2D eigenvalue weighted by molar-refractivity contribution is 6.42. The molecule has 1 atom stereocenters. The highest BCUT2D eigenvalue weighted by Crippen LogP contribution is 2.31. The lowest BCUT2D eigenvalue weighted by atomic mass is 9.90. The smallest absolute Gasteiger partial charge is 0.123 e. The number of halogens is 2. The van der Waals surface area contributed by atoms with Gasteiger partial charge in [0.15, 0.2) is 0 Å². The number of H-pyrrole nitrogens is 1. The molecule has 2 N–H and O–H groups in total. The topological polar surface area (TPSA) is 65.0 Å². The van der Waals surface area contributed by atoms with Crippen LogP contribution in [0.3, 0.4) is 0 Å². The number of likely N-dealkylation sites (tertiary alicyclic amines) is 1. The third kappa shape index (κ3) is 3.21. The highest BCUT2D eigenvalue weighted by atomic mass is 35.5. The van der Waals surface area contributed by atoms with Gasteiger partial charge in [0.25, 0.3) is 0 Å². The molecule has 1 aromatic heterocycles. The van der Waals surface area contributed by atoms with Gasteiger partial charge < -0.3 is 5.11 Å². The number of piperidine rings is 1. The van der Waals surface area contributed by atoms with Gasteiger partial charge in [0.1, 0.15) is 11.3 Å². The minimum Gasteiger partial charge on any atom is -0.382 e. The van der Waals surface area contributed by atoms with E-state index in [2.05, 4.69) is 20.3 Å². The van der Waals surface area contributed by atoms with Crippen LogP contribution in [0.5, 0.6) is 0 Å². The Morgan fingerprint density at radius 1 is 1.33 bits per heavy atom. The van der Waals surface area contributed by atoms with E-state index in [0.29, 0.717) is 28.7 Å². The Morgan fingerprint density at radius 2 is 2.19 bits per heavy atom. The molecule has 5 nitrogen and oxygen atoms in total. The molecule has 7 heteroatoms. The second-order valence-electron chi connectivity index (χ2n) is 5.45. The van der Waals surface area contributed by atoms with E-state index in [0.717, 1.165) is 25.1 Å². The number of nitrogens with zero attached hydrogens (tertiary/aromatic N) is 3. The Kier molecular flexibility index (Phi) is 4.17. The zero-order chi connectivity index (χ0) is 14.9. The molecule has 0 amide bonds. The molecule has 112 valence electrons. The van der Waals surface area contributed by atoms with E-state index in [-0.39, 0.29) is 0 Å². The van der Waals surface area contributed by atoms with Crippen LogP contribution in [-0.4, -0.2) is 38.5 Å². The maximum atomic E-state index is 10.8. The maximum absolute atomic E-state index is 10.8. The van der Waals surface area contributed by atoms with Crippen molar-refractivity contribution in [2.75, 3.05) is 13.1 Å². The van der Waals surface area contributed by atoms with Gasteiger partial charge in [-0.05, 0) is 37.1 Å². The van der Waals surface area contributed by atoms with Gasteiger partial charge in [-0.1, -0.05) is 29.3 Å². The SMILES string of the molecule is OC1(c2cn[nH]n2)CCCN(Cc2ccc(Cl)c(Cl)c2)C1. The molecule has 1 aromatic carbocycles. The molecule has 2 aromatic rings. The Labute approximate surface area is 132 Å². The minimum atomic E-state index is -0.943. The van der Waals surface area contributed by atoms with Gasteiger partial charge >= 0.3 is 0 Å². The standard InChI is InChI=1S/C14H16Cl2N4O/c15-11-3-2-10(6-12(11)16)8-20-5-1-4-14(21,9-20)13-7-17-19-18-13/h2-3,6-7,21H,1,4-5,8-9H2,(H,17,18,19). The number of hydrogen-bond acceptors (Lipinski definition) is 4. The van der Waals surface area contributed by atoms with Crippen LogP contribution in [0.4, 0.5) is 0 Å². The summed E-state index contributed by atoms with van der Waals surface area (Å²) in [5.74, 6) is 0. The second kappa shape index (κ2) is 5.93. The molecule has 0 aliphatic carbocycles. The van der Waals surface area contributed by atoms with Crippen molar-refractivity contribution in [2.45, 2.75) is 25.0 Å². The zero-order valence-electron chi connectivity index (χ0n) is 11.4. The number of aliphatic hydroxyl groups is 1. The first-order valence-corrected chi connectivity index (χ1v) is 7.57. The van der Waals surface area contributed by atoms with Crippen molar-refractivity contribution in [3.8, 4) is 0 Å². The third-order valence-corrected chi connectivity index (χ3v) is 4.57. The van der Waals surface area contributed by atoms with Gasteiger partial charge in [0.2, 0.25) is 0 Å². The van der Waals surface area contributed by atoms with Crippen molar-refractivity contribution in [3.63, 3.8) is 0 Å². The lowest BCUT2D eigenvalue weighted by Crippen LogP contribution is -2.45. The average molecular weight is 327 g/mol. The van der Waals surface area contributed by atoms with Crippen molar-refractivity contribution in [1.29, 1.82) is 0 Å². The molecule has 0 bridgehead atoms. The summed E-state index contributed by atoms with van der Waals surface area (Å²) < 4.78 is 0. The van der Waals surface area contributed by atoms with Crippen LogP contribution < -0.4 is 0 Å². The molecule has 1 unspecified atom stereocenters. The molecule has 1 aliphatic rings.